The van der Waals surface area contributed by atoms with Crippen LogP contribution in [0.3, 0.4) is 0 Å². The molecule has 0 rings (SSSR count). The normalized spacial score (nSPS) is 11.7. The van der Waals surface area contributed by atoms with Gasteiger partial charge in [-0.05, 0) is 76.8 Å². The molecule has 0 aromatic carbocycles. The number of rotatable bonds is 42. The van der Waals surface area contributed by atoms with Crippen LogP contribution >= 0.6 is 0 Å². The van der Waals surface area contributed by atoms with Gasteiger partial charge < -0.3 is 19.5 Å². The summed E-state index contributed by atoms with van der Waals surface area (Å²) in [5, 5.41) is 9.57. The Labute approximate surface area is 324 Å². The first-order chi connectivity index (χ1) is 25.5. The molecule has 0 heterocycles. The Balaban J connectivity index is 4.04. The molecule has 0 aliphatic rings. The van der Waals surface area contributed by atoms with Crippen LogP contribution in [0, 0.1) is 5.92 Å². The highest BCUT2D eigenvalue weighted by molar-refractivity contribution is 5.69. The molecule has 1 N–H and O–H groups in total. The molecule has 310 valence electrons. The van der Waals surface area contributed by atoms with Gasteiger partial charge in [-0.1, -0.05) is 169 Å². The Morgan fingerprint density at radius 1 is 0.462 bits per heavy atom. The molecule has 0 radical (unpaired) electrons. The predicted octanol–water partition coefficient (Wildman–Crippen LogP) is 13.3. The van der Waals surface area contributed by atoms with Crippen molar-refractivity contribution in [1.29, 1.82) is 0 Å². The standard InChI is InChI=1S/C46H91NO5/c1-5-9-13-15-19-25-33-44(34-26-20-16-14-10-6-2)52-46(50)36-28-22-18-24-30-39-47(40-41-48)38-29-23-17-21-27-35-45(49)51-42-37-43(31-11-7-3)32-12-8-4/h43-44,48H,5-42H2,1-4H3. The van der Waals surface area contributed by atoms with E-state index in [1.54, 1.807) is 0 Å². The molecular weight excluding hydrogens is 647 g/mol. The van der Waals surface area contributed by atoms with Crippen molar-refractivity contribution in [2.45, 2.75) is 246 Å². The van der Waals surface area contributed by atoms with Crippen molar-refractivity contribution in [3.05, 3.63) is 0 Å². The van der Waals surface area contributed by atoms with Gasteiger partial charge >= 0.3 is 11.9 Å². The van der Waals surface area contributed by atoms with Crippen LogP contribution in [-0.2, 0) is 19.1 Å². The average Bonchev–Trinajstić information content (AvgIpc) is 3.14. The molecule has 0 unspecified atom stereocenters. The van der Waals surface area contributed by atoms with Crippen molar-refractivity contribution in [1.82, 2.24) is 4.90 Å². The van der Waals surface area contributed by atoms with Crippen LogP contribution in [0.4, 0.5) is 0 Å². The SMILES string of the molecule is CCCCCCCCC(CCCCCCCC)OC(=O)CCCCCCCN(CCO)CCCCCCCC(=O)OCCC(CCCC)CCCC. The monoisotopic (exact) mass is 738 g/mol. The fourth-order valence-corrected chi connectivity index (χ4v) is 7.39. The van der Waals surface area contributed by atoms with Crippen LogP contribution in [-0.4, -0.2) is 60.9 Å². The highest BCUT2D eigenvalue weighted by atomic mass is 16.5. The number of hydrogen-bond donors (Lipinski definition) is 1. The molecule has 0 bridgehead atoms. The Bertz CT molecular complexity index is 722. The van der Waals surface area contributed by atoms with E-state index in [9.17, 15) is 14.7 Å². The van der Waals surface area contributed by atoms with E-state index in [4.69, 9.17) is 9.47 Å². The molecule has 0 aliphatic heterocycles. The Kier molecular flexibility index (Phi) is 40.1. The lowest BCUT2D eigenvalue weighted by Gasteiger charge is -2.21. The highest BCUT2D eigenvalue weighted by Crippen LogP contribution is 2.21. The lowest BCUT2D eigenvalue weighted by molar-refractivity contribution is -0.150. The predicted molar refractivity (Wildman–Crippen MR) is 223 cm³/mol. The summed E-state index contributed by atoms with van der Waals surface area (Å²) in [5.74, 6) is 0.697. The largest absolute Gasteiger partial charge is 0.466 e. The van der Waals surface area contributed by atoms with Gasteiger partial charge in [0.05, 0.1) is 13.2 Å². The summed E-state index contributed by atoms with van der Waals surface area (Å²) in [7, 11) is 0. The third-order valence-corrected chi connectivity index (χ3v) is 10.9. The average molecular weight is 738 g/mol. The van der Waals surface area contributed by atoms with Gasteiger partial charge in [0.15, 0.2) is 0 Å². The first kappa shape index (κ1) is 50.9. The van der Waals surface area contributed by atoms with Gasteiger partial charge in [0.2, 0.25) is 0 Å². The smallest absolute Gasteiger partial charge is 0.306 e. The van der Waals surface area contributed by atoms with Crippen LogP contribution in [0.1, 0.15) is 240 Å². The fourth-order valence-electron chi connectivity index (χ4n) is 7.39. The highest BCUT2D eigenvalue weighted by Gasteiger charge is 2.15. The zero-order chi connectivity index (χ0) is 38.2. The van der Waals surface area contributed by atoms with Crippen molar-refractivity contribution in [3.8, 4) is 0 Å². The second-order valence-corrected chi connectivity index (χ2v) is 16.0. The van der Waals surface area contributed by atoms with Gasteiger partial charge in [-0.15, -0.1) is 0 Å². The van der Waals surface area contributed by atoms with E-state index in [0.717, 1.165) is 90.3 Å². The van der Waals surface area contributed by atoms with E-state index in [1.165, 1.54) is 128 Å². The quantitative estimate of drug-likeness (QED) is 0.0496. The maximum atomic E-state index is 12.7. The van der Waals surface area contributed by atoms with E-state index in [1.807, 2.05) is 0 Å². The van der Waals surface area contributed by atoms with Crippen molar-refractivity contribution in [3.63, 3.8) is 0 Å². The third-order valence-electron chi connectivity index (χ3n) is 10.9. The molecule has 0 spiro atoms. The number of carbonyl (C=O) groups excluding carboxylic acids is 2. The minimum Gasteiger partial charge on any atom is -0.466 e. The molecule has 0 atom stereocenters. The number of nitrogens with zero attached hydrogens (tertiary/aromatic N) is 1. The maximum absolute atomic E-state index is 12.7. The summed E-state index contributed by atoms with van der Waals surface area (Å²) >= 11 is 0. The Morgan fingerprint density at radius 3 is 1.37 bits per heavy atom. The summed E-state index contributed by atoms with van der Waals surface area (Å²) in [6.07, 6.45) is 38.2. The molecule has 0 amide bonds. The van der Waals surface area contributed by atoms with Gasteiger partial charge in [0.25, 0.3) is 0 Å². The van der Waals surface area contributed by atoms with Gasteiger partial charge in [-0.3, -0.25) is 9.59 Å². The number of aliphatic hydroxyl groups is 1. The van der Waals surface area contributed by atoms with Crippen molar-refractivity contribution >= 4 is 11.9 Å². The van der Waals surface area contributed by atoms with E-state index in [-0.39, 0.29) is 24.6 Å². The summed E-state index contributed by atoms with van der Waals surface area (Å²) < 4.78 is 11.6. The molecule has 0 fully saturated rings. The van der Waals surface area contributed by atoms with E-state index < -0.39 is 0 Å². The lowest BCUT2D eigenvalue weighted by Crippen LogP contribution is -2.29. The molecule has 6 nitrogen and oxygen atoms in total. The van der Waals surface area contributed by atoms with Crippen LogP contribution < -0.4 is 0 Å². The third kappa shape index (κ3) is 35.9. The minimum absolute atomic E-state index is 0.0139. The second-order valence-electron chi connectivity index (χ2n) is 16.0. The maximum Gasteiger partial charge on any atom is 0.306 e. The number of carbonyl (C=O) groups is 2. The van der Waals surface area contributed by atoms with Gasteiger partial charge in [0, 0.05) is 19.4 Å². The summed E-state index contributed by atoms with van der Waals surface area (Å²) in [6, 6.07) is 0. The van der Waals surface area contributed by atoms with E-state index >= 15 is 0 Å². The number of unbranched alkanes of at least 4 members (excludes halogenated alkanes) is 20. The number of hydrogen-bond acceptors (Lipinski definition) is 6. The molecule has 6 heteroatoms. The molecular formula is C46H91NO5. The van der Waals surface area contributed by atoms with E-state index in [2.05, 4.69) is 32.6 Å². The van der Waals surface area contributed by atoms with Gasteiger partial charge in [-0.25, -0.2) is 0 Å². The Morgan fingerprint density at radius 2 is 0.885 bits per heavy atom. The summed E-state index contributed by atoms with van der Waals surface area (Å²) in [5.41, 5.74) is 0. The number of ether oxygens (including phenoxy) is 2. The van der Waals surface area contributed by atoms with Crippen LogP contribution in [0.2, 0.25) is 0 Å². The van der Waals surface area contributed by atoms with Gasteiger partial charge in [-0.2, -0.15) is 0 Å². The lowest BCUT2D eigenvalue weighted by atomic mass is 9.93. The Hall–Kier alpha value is -1.14. The van der Waals surface area contributed by atoms with E-state index in [0.29, 0.717) is 25.4 Å². The van der Waals surface area contributed by atoms with Crippen LogP contribution in [0.5, 0.6) is 0 Å². The molecule has 0 aromatic heterocycles. The van der Waals surface area contributed by atoms with Gasteiger partial charge in [0.1, 0.15) is 6.10 Å². The van der Waals surface area contributed by atoms with Crippen molar-refractivity contribution in [2.75, 3.05) is 32.8 Å². The summed E-state index contributed by atoms with van der Waals surface area (Å²) in [4.78, 5) is 27.3. The topological polar surface area (TPSA) is 76.1 Å². The number of esters is 2. The summed E-state index contributed by atoms with van der Waals surface area (Å²) in [6.45, 7) is 12.6. The first-order valence-electron chi connectivity index (χ1n) is 23.2. The van der Waals surface area contributed by atoms with Crippen molar-refractivity contribution in [2.24, 2.45) is 5.92 Å². The van der Waals surface area contributed by atoms with Crippen LogP contribution in [0.15, 0.2) is 0 Å². The molecule has 0 aromatic rings. The fraction of sp³-hybridized carbons (Fsp3) is 0.957. The zero-order valence-electron chi connectivity index (χ0n) is 35.6. The molecule has 52 heavy (non-hydrogen) atoms. The molecule has 0 aliphatic carbocycles. The van der Waals surface area contributed by atoms with Crippen molar-refractivity contribution < 1.29 is 24.2 Å². The zero-order valence-corrected chi connectivity index (χ0v) is 35.6. The second kappa shape index (κ2) is 41.0. The minimum atomic E-state index is -0.0231. The van der Waals surface area contributed by atoms with Crippen LogP contribution in [0.25, 0.3) is 0 Å². The first-order valence-corrected chi connectivity index (χ1v) is 23.2. The number of aliphatic hydroxyl groups excluding tert-OH is 1. The molecule has 0 saturated carbocycles. The molecule has 0 saturated heterocycles.